The van der Waals surface area contributed by atoms with Crippen LogP contribution in [0.1, 0.15) is 17.8 Å². The standard InChI is InChI=1S/C13H17N5O/c1-9-5-10(2)18(16-9)13-7-14-6-12(15-13)17-4-3-11(19)8-17/h5-7,11,19H,3-4,8H2,1-2H3/t11-/m0/s1. The highest BCUT2D eigenvalue weighted by molar-refractivity contribution is 5.41. The van der Waals surface area contributed by atoms with E-state index in [2.05, 4.69) is 15.1 Å². The summed E-state index contributed by atoms with van der Waals surface area (Å²) < 4.78 is 1.79. The highest BCUT2D eigenvalue weighted by Crippen LogP contribution is 2.19. The number of rotatable bonds is 2. The third-order valence-corrected chi connectivity index (χ3v) is 3.32. The monoisotopic (exact) mass is 259 g/mol. The molecule has 3 rings (SSSR count). The van der Waals surface area contributed by atoms with E-state index in [1.807, 2.05) is 24.8 Å². The summed E-state index contributed by atoms with van der Waals surface area (Å²) in [5.74, 6) is 1.51. The van der Waals surface area contributed by atoms with Crippen molar-refractivity contribution >= 4 is 5.82 Å². The van der Waals surface area contributed by atoms with Crippen molar-refractivity contribution < 1.29 is 5.11 Å². The van der Waals surface area contributed by atoms with Gasteiger partial charge in [0.15, 0.2) is 5.82 Å². The molecular formula is C13H17N5O. The van der Waals surface area contributed by atoms with E-state index in [0.29, 0.717) is 12.4 Å². The highest BCUT2D eigenvalue weighted by Gasteiger charge is 2.22. The molecule has 1 atom stereocenters. The number of hydrogen-bond acceptors (Lipinski definition) is 5. The molecular weight excluding hydrogens is 242 g/mol. The van der Waals surface area contributed by atoms with Gasteiger partial charge in [-0.2, -0.15) is 5.10 Å². The summed E-state index contributed by atoms with van der Waals surface area (Å²) in [5.41, 5.74) is 1.99. The number of β-amino-alcohol motifs (C(OH)–C–C–N with tert-alkyl or cyclic N) is 1. The summed E-state index contributed by atoms with van der Waals surface area (Å²) in [5, 5.41) is 14.0. The molecule has 0 saturated carbocycles. The summed E-state index contributed by atoms with van der Waals surface area (Å²) >= 11 is 0. The number of aliphatic hydroxyl groups excluding tert-OH is 1. The SMILES string of the molecule is Cc1cc(C)n(-c2cncc(N3CC[C@H](O)C3)n2)n1. The number of aryl methyl sites for hydroxylation is 2. The van der Waals surface area contributed by atoms with Gasteiger partial charge in [-0.1, -0.05) is 0 Å². The Morgan fingerprint density at radius 2 is 2.05 bits per heavy atom. The van der Waals surface area contributed by atoms with Crippen LogP contribution in [0.3, 0.4) is 0 Å². The second-order valence-electron chi connectivity index (χ2n) is 4.96. The van der Waals surface area contributed by atoms with Gasteiger partial charge in [-0.05, 0) is 26.3 Å². The van der Waals surface area contributed by atoms with E-state index in [0.717, 1.165) is 30.2 Å². The lowest BCUT2D eigenvalue weighted by atomic mass is 10.3. The molecule has 0 bridgehead atoms. The lowest BCUT2D eigenvalue weighted by Crippen LogP contribution is -2.23. The second kappa shape index (κ2) is 4.62. The van der Waals surface area contributed by atoms with Crippen LogP contribution < -0.4 is 4.90 Å². The summed E-state index contributed by atoms with van der Waals surface area (Å²) in [6.07, 6.45) is 3.95. The summed E-state index contributed by atoms with van der Waals surface area (Å²) in [6, 6.07) is 2.01. The fourth-order valence-electron chi connectivity index (χ4n) is 2.41. The molecule has 2 aromatic rings. The average Bonchev–Trinajstić information content (AvgIpc) is 2.96. The fourth-order valence-corrected chi connectivity index (χ4v) is 2.41. The van der Waals surface area contributed by atoms with Gasteiger partial charge in [0.2, 0.25) is 0 Å². The molecule has 1 aliphatic heterocycles. The molecule has 0 spiro atoms. The Kier molecular flexibility index (Phi) is 2.94. The Bertz CT molecular complexity index is 594. The van der Waals surface area contributed by atoms with E-state index in [4.69, 9.17) is 0 Å². The first kappa shape index (κ1) is 12.1. The molecule has 0 aromatic carbocycles. The Morgan fingerprint density at radius 1 is 1.26 bits per heavy atom. The topological polar surface area (TPSA) is 67.1 Å². The zero-order valence-electron chi connectivity index (χ0n) is 11.1. The molecule has 1 fully saturated rings. The molecule has 0 radical (unpaired) electrons. The van der Waals surface area contributed by atoms with Crippen molar-refractivity contribution in [3.63, 3.8) is 0 Å². The largest absolute Gasteiger partial charge is 0.391 e. The first-order valence-corrected chi connectivity index (χ1v) is 6.42. The quantitative estimate of drug-likeness (QED) is 0.866. The predicted molar refractivity (Wildman–Crippen MR) is 71.5 cm³/mol. The lowest BCUT2D eigenvalue weighted by Gasteiger charge is -2.16. The molecule has 1 N–H and O–H groups in total. The molecule has 0 aliphatic carbocycles. The molecule has 19 heavy (non-hydrogen) atoms. The smallest absolute Gasteiger partial charge is 0.174 e. The maximum Gasteiger partial charge on any atom is 0.174 e. The van der Waals surface area contributed by atoms with E-state index in [1.54, 1.807) is 17.1 Å². The van der Waals surface area contributed by atoms with Gasteiger partial charge < -0.3 is 10.0 Å². The van der Waals surface area contributed by atoms with Crippen LogP contribution in [0.5, 0.6) is 0 Å². The minimum absolute atomic E-state index is 0.265. The zero-order valence-corrected chi connectivity index (χ0v) is 11.1. The Morgan fingerprint density at radius 3 is 2.68 bits per heavy atom. The number of aromatic nitrogens is 4. The zero-order chi connectivity index (χ0) is 13.4. The van der Waals surface area contributed by atoms with E-state index in [9.17, 15) is 5.11 Å². The number of hydrogen-bond donors (Lipinski definition) is 1. The first-order chi connectivity index (χ1) is 9.13. The van der Waals surface area contributed by atoms with E-state index < -0.39 is 0 Å². The van der Waals surface area contributed by atoms with Gasteiger partial charge >= 0.3 is 0 Å². The maximum atomic E-state index is 9.59. The Labute approximate surface area is 111 Å². The van der Waals surface area contributed by atoms with E-state index in [1.165, 1.54) is 0 Å². The third kappa shape index (κ3) is 2.31. The van der Waals surface area contributed by atoms with Crippen LogP contribution in [0.4, 0.5) is 5.82 Å². The van der Waals surface area contributed by atoms with Gasteiger partial charge in [0.1, 0.15) is 5.82 Å². The third-order valence-electron chi connectivity index (χ3n) is 3.32. The molecule has 3 heterocycles. The van der Waals surface area contributed by atoms with Crippen molar-refractivity contribution in [1.82, 2.24) is 19.7 Å². The van der Waals surface area contributed by atoms with E-state index in [-0.39, 0.29) is 6.10 Å². The minimum atomic E-state index is -0.265. The normalized spacial score (nSPS) is 19.1. The van der Waals surface area contributed by atoms with Crippen molar-refractivity contribution in [2.45, 2.75) is 26.4 Å². The fraction of sp³-hybridized carbons (Fsp3) is 0.462. The molecule has 1 aliphatic rings. The molecule has 0 unspecified atom stereocenters. The molecule has 100 valence electrons. The van der Waals surface area contributed by atoms with Crippen LogP contribution >= 0.6 is 0 Å². The number of nitrogens with zero attached hydrogens (tertiary/aromatic N) is 5. The Balaban J connectivity index is 1.94. The van der Waals surface area contributed by atoms with Gasteiger partial charge in [-0.25, -0.2) is 9.67 Å². The summed E-state index contributed by atoms with van der Waals surface area (Å²) in [7, 11) is 0. The maximum absolute atomic E-state index is 9.59. The van der Waals surface area contributed by atoms with Crippen LogP contribution in [-0.2, 0) is 0 Å². The van der Waals surface area contributed by atoms with Crippen LogP contribution in [0, 0.1) is 13.8 Å². The Hall–Kier alpha value is -1.95. The number of anilines is 1. The van der Waals surface area contributed by atoms with Gasteiger partial charge in [-0.15, -0.1) is 0 Å². The van der Waals surface area contributed by atoms with Gasteiger partial charge in [0, 0.05) is 18.8 Å². The van der Waals surface area contributed by atoms with Crippen LogP contribution in [0.15, 0.2) is 18.5 Å². The van der Waals surface area contributed by atoms with Crippen molar-refractivity contribution in [2.24, 2.45) is 0 Å². The molecule has 6 nitrogen and oxygen atoms in total. The lowest BCUT2D eigenvalue weighted by molar-refractivity contribution is 0.198. The number of aliphatic hydroxyl groups is 1. The molecule has 6 heteroatoms. The van der Waals surface area contributed by atoms with Gasteiger partial charge in [0.25, 0.3) is 0 Å². The average molecular weight is 259 g/mol. The summed E-state index contributed by atoms with van der Waals surface area (Å²) in [6.45, 7) is 5.39. The molecule has 2 aromatic heterocycles. The summed E-state index contributed by atoms with van der Waals surface area (Å²) in [4.78, 5) is 10.9. The van der Waals surface area contributed by atoms with Crippen molar-refractivity contribution in [1.29, 1.82) is 0 Å². The van der Waals surface area contributed by atoms with E-state index >= 15 is 0 Å². The first-order valence-electron chi connectivity index (χ1n) is 6.42. The second-order valence-corrected chi connectivity index (χ2v) is 4.96. The molecule has 0 amide bonds. The van der Waals surface area contributed by atoms with Crippen LogP contribution in [0.2, 0.25) is 0 Å². The molecule has 1 saturated heterocycles. The van der Waals surface area contributed by atoms with Crippen LogP contribution in [0.25, 0.3) is 5.82 Å². The van der Waals surface area contributed by atoms with Gasteiger partial charge in [0.05, 0.1) is 24.2 Å². The van der Waals surface area contributed by atoms with Gasteiger partial charge in [-0.3, -0.25) is 4.98 Å². The highest BCUT2D eigenvalue weighted by atomic mass is 16.3. The predicted octanol–water partition coefficient (Wildman–Crippen LogP) is 0.850. The van der Waals surface area contributed by atoms with Crippen molar-refractivity contribution in [3.05, 3.63) is 29.8 Å². The minimum Gasteiger partial charge on any atom is -0.391 e. The van der Waals surface area contributed by atoms with Crippen LogP contribution in [-0.4, -0.2) is 44.0 Å². The van der Waals surface area contributed by atoms with Crippen molar-refractivity contribution in [2.75, 3.05) is 18.0 Å². The van der Waals surface area contributed by atoms with Crippen molar-refractivity contribution in [3.8, 4) is 5.82 Å².